The van der Waals surface area contributed by atoms with E-state index in [1.54, 1.807) is 104 Å². The van der Waals surface area contributed by atoms with Crippen molar-refractivity contribution >= 4 is 41.7 Å². The van der Waals surface area contributed by atoms with Crippen LogP contribution in [0.4, 0.5) is 4.79 Å². The van der Waals surface area contributed by atoms with Gasteiger partial charge in [-0.25, -0.2) is 14.4 Å². The van der Waals surface area contributed by atoms with Crippen molar-refractivity contribution in [3.05, 3.63) is 82.9 Å². The average molecular weight is 964 g/mol. The molecule has 1 heterocycles. The lowest BCUT2D eigenvalue weighted by Gasteiger charge is -2.75. The van der Waals surface area contributed by atoms with Gasteiger partial charge in [0.05, 0.1) is 41.9 Å². The summed E-state index contributed by atoms with van der Waals surface area (Å²) < 4.78 is 49.3. The lowest BCUT2D eigenvalue weighted by atomic mass is 9.34. The largest absolute Gasteiger partial charge is 0.481 e. The molecule has 2 bridgehead atoms. The number of carbonyl (C=O) groups is 7. The minimum atomic E-state index is -2.43. The van der Waals surface area contributed by atoms with Crippen LogP contribution in [0.3, 0.4) is 0 Å². The van der Waals surface area contributed by atoms with Crippen molar-refractivity contribution in [2.75, 3.05) is 20.8 Å². The number of ether oxygens (including phenoxy) is 8. The minimum absolute atomic E-state index is 0.0489. The lowest BCUT2D eigenvalue weighted by Crippen LogP contribution is -2.89. The molecule has 1 amide bonds. The Morgan fingerprint density at radius 2 is 1.49 bits per heavy atom. The molecule has 1 saturated heterocycles. The molecule has 0 spiro atoms. The number of hydrogen-bond donors (Lipinski definition) is 3. The molecular weight excluding hydrogens is 899 g/mol. The van der Waals surface area contributed by atoms with Crippen LogP contribution in [0.2, 0.25) is 0 Å². The molecule has 376 valence electrons. The number of carbonyl (C=O) groups excluding carboxylic acids is 6. The third kappa shape index (κ3) is 8.60. The van der Waals surface area contributed by atoms with Gasteiger partial charge in [-0.05, 0) is 70.4 Å². The van der Waals surface area contributed by atoms with E-state index in [2.05, 4.69) is 5.32 Å². The molecule has 0 radical (unpaired) electrons. The van der Waals surface area contributed by atoms with E-state index in [9.17, 15) is 34.2 Å². The van der Waals surface area contributed by atoms with Gasteiger partial charge in [-0.1, -0.05) is 69.3 Å². The van der Waals surface area contributed by atoms with Crippen molar-refractivity contribution in [1.82, 2.24) is 5.32 Å². The summed E-state index contributed by atoms with van der Waals surface area (Å²) in [6.07, 6.45) is -9.83. The number of carboxylic acid groups (broad SMARTS) is 1. The van der Waals surface area contributed by atoms with E-state index in [-0.39, 0.29) is 35.3 Å². The molecule has 0 aromatic heterocycles. The Balaban J connectivity index is 1.61. The first-order valence-corrected chi connectivity index (χ1v) is 22.9. The second-order valence-electron chi connectivity index (χ2n) is 20.4. The Kier molecular flexibility index (Phi) is 14.4. The van der Waals surface area contributed by atoms with Gasteiger partial charge in [0.1, 0.15) is 41.2 Å². The summed E-state index contributed by atoms with van der Waals surface area (Å²) >= 11 is 0. The third-order valence-electron chi connectivity index (χ3n) is 15.4. The van der Waals surface area contributed by atoms with E-state index in [0.717, 1.165) is 0 Å². The Morgan fingerprint density at radius 1 is 0.884 bits per heavy atom. The van der Waals surface area contributed by atoms with Crippen molar-refractivity contribution in [1.29, 1.82) is 0 Å². The second-order valence-corrected chi connectivity index (χ2v) is 20.4. The quantitative estimate of drug-likeness (QED) is 0.116. The van der Waals surface area contributed by atoms with E-state index in [0.29, 0.717) is 0 Å². The van der Waals surface area contributed by atoms with Crippen molar-refractivity contribution in [2.24, 2.45) is 16.2 Å². The molecule has 18 nitrogen and oxygen atoms in total. The van der Waals surface area contributed by atoms with E-state index < -0.39 is 136 Å². The zero-order valence-corrected chi connectivity index (χ0v) is 41.3. The first-order valence-electron chi connectivity index (χ1n) is 22.9. The fraction of sp³-hybridized carbons (Fsp3) is 0.588. The monoisotopic (exact) mass is 963 g/mol. The number of alkyl carbamates (subject to hydrolysis) is 1. The topological polar surface area (TPSA) is 246 Å². The van der Waals surface area contributed by atoms with Crippen molar-refractivity contribution in [3.63, 3.8) is 0 Å². The Morgan fingerprint density at radius 3 is 2.01 bits per heavy atom. The first-order chi connectivity index (χ1) is 32.1. The molecular formula is C51H65NO17. The van der Waals surface area contributed by atoms with Gasteiger partial charge in [0.15, 0.2) is 11.4 Å². The summed E-state index contributed by atoms with van der Waals surface area (Å²) in [7, 11) is 2.73. The maximum Gasteiger partial charge on any atom is 0.408 e. The highest BCUT2D eigenvalue weighted by molar-refractivity contribution is 5.95. The predicted molar refractivity (Wildman–Crippen MR) is 243 cm³/mol. The second kappa shape index (κ2) is 18.9. The smallest absolute Gasteiger partial charge is 0.408 e. The van der Waals surface area contributed by atoms with E-state index in [4.69, 9.17) is 37.9 Å². The molecule has 2 aromatic carbocycles. The predicted octanol–water partition coefficient (Wildman–Crippen LogP) is 5.76. The van der Waals surface area contributed by atoms with Crippen LogP contribution in [0.5, 0.6) is 0 Å². The Hall–Kier alpha value is -5.69. The molecule has 3 aliphatic carbocycles. The van der Waals surface area contributed by atoms with Crippen LogP contribution in [0.15, 0.2) is 71.8 Å². The van der Waals surface area contributed by atoms with Crippen LogP contribution in [-0.2, 0) is 61.9 Å². The molecule has 2 aromatic rings. The standard InChI is InChI=1S/C51H65NO17/c1-28-32(65-43(59)40(66-36(56)24-23-35(54)55)38(30-19-15-13-16-20-30)52-44(60)69-45(3,4)5)26-51(61)46(6,7)37(28)39(63-12)41(57)47(8)33(62-11)25-34-50(27-64-34,67-29(2)53)48(47,9)49(51,10)68-42(58)31-21-17-14-18-22-31/h13-22,32-34,38-40,61H,23-27H2,1-12H3,(H,52,60)(H,54,55)/t32-,33-,34+,38-,39+,40+,47-,48+,49+,50-,51-/m0/s1. The molecule has 1 aliphatic heterocycles. The molecule has 11 atom stereocenters. The van der Waals surface area contributed by atoms with E-state index in [1.165, 1.54) is 40.2 Å². The highest BCUT2D eigenvalue weighted by Crippen LogP contribution is 2.74. The summed E-state index contributed by atoms with van der Waals surface area (Å²) in [6.45, 7) is 15.4. The minimum Gasteiger partial charge on any atom is -0.481 e. The summed E-state index contributed by atoms with van der Waals surface area (Å²) in [6, 6.07) is 14.5. The fourth-order valence-electron chi connectivity index (χ4n) is 11.7. The molecule has 4 aliphatic rings. The molecule has 18 heteroatoms. The number of aliphatic hydroxyl groups is 1. The Labute approximate surface area is 401 Å². The molecule has 3 N–H and O–H groups in total. The number of nitrogens with one attached hydrogen (secondary N) is 1. The summed E-state index contributed by atoms with van der Waals surface area (Å²) in [5.41, 5.74) is -12.2. The Bertz CT molecular complexity index is 2380. The number of fused-ring (bicyclic) bond motifs is 5. The number of Topliss-reactive ketones (excluding diaryl/α,β-unsaturated/α-hetero) is 1. The first kappa shape index (κ1) is 52.7. The van der Waals surface area contributed by atoms with Crippen LogP contribution in [0.25, 0.3) is 0 Å². The van der Waals surface area contributed by atoms with Gasteiger partial charge < -0.3 is 53.4 Å². The molecule has 69 heavy (non-hydrogen) atoms. The molecule has 2 saturated carbocycles. The average Bonchev–Trinajstić information content (AvgIpc) is 3.27. The molecule has 3 fully saturated rings. The number of amides is 1. The normalized spacial score (nSPS) is 32.2. The third-order valence-corrected chi connectivity index (χ3v) is 15.4. The van der Waals surface area contributed by atoms with Gasteiger partial charge in [-0.2, -0.15) is 0 Å². The summed E-state index contributed by atoms with van der Waals surface area (Å²) in [5.74, 6) is -5.94. The maximum atomic E-state index is 16.1. The number of hydrogen-bond acceptors (Lipinski definition) is 16. The number of rotatable bonds is 14. The highest BCUT2D eigenvalue weighted by Gasteiger charge is 2.87. The summed E-state index contributed by atoms with van der Waals surface area (Å²) in [4.78, 5) is 97.8. The maximum absolute atomic E-state index is 16.1. The number of aliphatic carboxylic acids is 1. The fourth-order valence-corrected chi connectivity index (χ4v) is 11.7. The van der Waals surface area contributed by atoms with E-state index in [1.807, 2.05) is 0 Å². The van der Waals surface area contributed by atoms with Crippen molar-refractivity contribution in [2.45, 2.75) is 154 Å². The van der Waals surface area contributed by atoms with Gasteiger partial charge in [-0.15, -0.1) is 0 Å². The van der Waals surface area contributed by atoms with Gasteiger partial charge in [0, 0.05) is 39.4 Å². The van der Waals surface area contributed by atoms with Gasteiger partial charge in [-0.3, -0.25) is 19.2 Å². The van der Waals surface area contributed by atoms with Gasteiger partial charge in [0.25, 0.3) is 0 Å². The van der Waals surface area contributed by atoms with Crippen molar-refractivity contribution in [3.8, 4) is 0 Å². The van der Waals surface area contributed by atoms with Crippen molar-refractivity contribution < 1.29 is 81.7 Å². The van der Waals surface area contributed by atoms with Crippen LogP contribution in [-0.4, -0.2) is 126 Å². The number of esters is 4. The number of ketones is 1. The highest BCUT2D eigenvalue weighted by atomic mass is 16.6. The zero-order valence-electron chi connectivity index (χ0n) is 41.3. The van der Waals surface area contributed by atoms with Crippen LogP contribution in [0, 0.1) is 16.2 Å². The molecule has 0 unspecified atom stereocenters. The van der Waals surface area contributed by atoms with Gasteiger partial charge in [0.2, 0.25) is 6.10 Å². The number of carboxylic acids is 1. The van der Waals surface area contributed by atoms with Crippen LogP contribution < -0.4 is 5.32 Å². The molecule has 6 rings (SSSR count). The van der Waals surface area contributed by atoms with E-state index >= 15 is 9.59 Å². The van der Waals surface area contributed by atoms with Crippen LogP contribution >= 0.6 is 0 Å². The zero-order chi connectivity index (χ0) is 51.3. The number of benzene rings is 2. The van der Waals surface area contributed by atoms with Gasteiger partial charge >= 0.3 is 35.9 Å². The summed E-state index contributed by atoms with van der Waals surface area (Å²) in [5, 5.41) is 26.3. The number of methoxy groups -OCH3 is 2. The SMILES string of the molecule is CO[C@H]1C(=O)[C@]2(C)[C@@H](OC)C[C@H]3OC[C@@]3(OC(C)=O)[C@@]2(C)[C@@](C)(OC(=O)c2ccccc2)[C@]2(O)C[C@H](OC(=O)[C@H](OC(=O)CCC(=O)O)[C@@H](NC(=O)OC(C)(C)C)c3ccccc3)C(C)=C1C2(C)C. The van der Waals surface area contributed by atoms with Crippen LogP contribution in [0.1, 0.15) is 117 Å². The lowest BCUT2D eigenvalue weighted by molar-refractivity contribution is -0.403.